The fourth-order valence-corrected chi connectivity index (χ4v) is 1.87. The summed E-state index contributed by atoms with van der Waals surface area (Å²) in [5.74, 6) is 0.222. The average Bonchev–Trinajstić information content (AvgIpc) is 3.11. The topological polar surface area (TPSA) is 55.5 Å². The van der Waals surface area contributed by atoms with Crippen LogP contribution in [0, 0.1) is 5.92 Å². The lowest BCUT2D eigenvalue weighted by molar-refractivity contribution is -0.0511. The van der Waals surface area contributed by atoms with Crippen LogP contribution >= 0.6 is 0 Å². The molecule has 5 heteroatoms. The van der Waals surface area contributed by atoms with Crippen LogP contribution in [0.4, 0.5) is 8.78 Å². The van der Waals surface area contributed by atoms with Crippen molar-refractivity contribution < 1.29 is 18.6 Å². The van der Waals surface area contributed by atoms with E-state index in [1.54, 1.807) is 18.2 Å². The maximum atomic E-state index is 12.2. The van der Waals surface area contributed by atoms with E-state index in [0.717, 1.165) is 12.8 Å². The summed E-state index contributed by atoms with van der Waals surface area (Å²) < 4.78 is 28.8. The largest absolute Gasteiger partial charge is 0.434 e. The van der Waals surface area contributed by atoms with E-state index in [-0.39, 0.29) is 11.7 Å². The van der Waals surface area contributed by atoms with Crippen LogP contribution in [0.15, 0.2) is 24.3 Å². The van der Waals surface area contributed by atoms with Crippen molar-refractivity contribution >= 4 is 0 Å². The normalized spacial score (nSPS) is 19.1. The van der Waals surface area contributed by atoms with Crippen LogP contribution in [0.25, 0.3) is 0 Å². The van der Waals surface area contributed by atoms with Crippen molar-refractivity contribution in [2.75, 3.05) is 0 Å². The Morgan fingerprint density at radius 2 is 1.94 bits per heavy atom. The van der Waals surface area contributed by atoms with E-state index >= 15 is 0 Å². The predicted octanol–water partition coefficient (Wildman–Crippen LogP) is 2.06. The fraction of sp³-hybridized carbons (Fsp3) is 0.500. The molecule has 94 valence electrons. The van der Waals surface area contributed by atoms with Crippen molar-refractivity contribution in [3.63, 3.8) is 0 Å². The third kappa shape index (κ3) is 2.92. The van der Waals surface area contributed by atoms with Gasteiger partial charge in [-0.3, -0.25) is 0 Å². The lowest BCUT2D eigenvalue weighted by Crippen LogP contribution is -2.28. The van der Waals surface area contributed by atoms with Crippen molar-refractivity contribution in [2.45, 2.75) is 31.6 Å². The highest BCUT2D eigenvalue weighted by Gasteiger charge is 2.35. The van der Waals surface area contributed by atoms with E-state index in [1.165, 1.54) is 6.07 Å². The van der Waals surface area contributed by atoms with Crippen molar-refractivity contribution in [2.24, 2.45) is 11.7 Å². The van der Waals surface area contributed by atoms with Gasteiger partial charge < -0.3 is 15.6 Å². The van der Waals surface area contributed by atoms with Gasteiger partial charge in [0, 0.05) is 5.56 Å². The number of hydrogen-bond donors (Lipinski definition) is 2. The zero-order chi connectivity index (χ0) is 12.4. The van der Waals surface area contributed by atoms with Crippen LogP contribution in [0.1, 0.15) is 24.4 Å². The van der Waals surface area contributed by atoms with Gasteiger partial charge in [-0.05, 0) is 24.8 Å². The molecule has 1 aliphatic carbocycles. The molecule has 0 unspecified atom stereocenters. The first kappa shape index (κ1) is 12.3. The number of halogens is 2. The standard InChI is InChI=1S/C12H15F2NO2/c13-12(14)17-9-4-2-1-3-8(9)10(15)11(16)7-5-6-7/h1-4,7,10-12,16H,5-6,15H2/t10-,11+/m1/s1. The second-order valence-corrected chi connectivity index (χ2v) is 4.27. The minimum atomic E-state index is -2.89. The van der Waals surface area contributed by atoms with Crippen molar-refractivity contribution in [1.82, 2.24) is 0 Å². The molecule has 2 rings (SSSR count). The molecule has 1 aliphatic rings. The third-order valence-electron chi connectivity index (χ3n) is 2.97. The van der Waals surface area contributed by atoms with Gasteiger partial charge in [0.15, 0.2) is 0 Å². The molecule has 0 bridgehead atoms. The van der Waals surface area contributed by atoms with E-state index in [4.69, 9.17) is 5.73 Å². The average molecular weight is 243 g/mol. The lowest BCUT2D eigenvalue weighted by atomic mass is 9.98. The summed E-state index contributed by atoms with van der Waals surface area (Å²) in [5, 5.41) is 9.90. The Balaban J connectivity index is 2.17. The molecule has 0 aromatic heterocycles. The van der Waals surface area contributed by atoms with Crippen LogP contribution in [0.2, 0.25) is 0 Å². The summed E-state index contributed by atoms with van der Waals surface area (Å²) in [6.07, 6.45) is 1.18. The summed E-state index contributed by atoms with van der Waals surface area (Å²) >= 11 is 0. The van der Waals surface area contributed by atoms with Gasteiger partial charge in [0.2, 0.25) is 0 Å². The molecule has 1 fully saturated rings. The zero-order valence-corrected chi connectivity index (χ0v) is 9.22. The number of benzene rings is 1. The molecule has 0 heterocycles. The van der Waals surface area contributed by atoms with Gasteiger partial charge in [-0.15, -0.1) is 0 Å². The molecule has 0 radical (unpaired) electrons. The molecular formula is C12H15F2NO2. The van der Waals surface area contributed by atoms with Gasteiger partial charge in [-0.2, -0.15) is 8.78 Å². The van der Waals surface area contributed by atoms with Crippen LogP contribution in [-0.2, 0) is 0 Å². The van der Waals surface area contributed by atoms with Gasteiger partial charge in [-0.25, -0.2) is 0 Å². The molecule has 2 atom stereocenters. The van der Waals surface area contributed by atoms with Crippen molar-refractivity contribution in [3.8, 4) is 5.75 Å². The van der Waals surface area contributed by atoms with Gasteiger partial charge >= 0.3 is 6.61 Å². The van der Waals surface area contributed by atoms with Gasteiger partial charge in [0.05, 0.1) is 12.1 Å². The Kier molecular flexibility index (Phi) is 3.59. The smallest absolute Gasteiger partial charge is 0.387 e. The predicted molar refractivity (Wildman–Crippen MR) is 58.7 cm³/mol. The fourth-order valence-electron chi connectivity index (χ4n) is 1.87. The van der Waals surface area contributed by atoms with Gasteiger partial charge in [0.1, 0.15) is 5.75 Å². The number of aliphatic hydroxyl groups excluding tert-OH is 1. The van der Waals surface area contributed by atoms with Crippen LogP contribution in [0.5, 0.6) is 5.75 Å². The maximum Gasteiger partial charge on any atom is 0.387 e. The molecule has 0 spiro atoms. The molecule has 0 amide bonds. The van der Waals surface area contributed by atoms with Crippen molar-refractivity contribution in [3.05, 3.63) is 29.8 Å². The highest BCUT2D eigenvalue weighted by Crippen LogP contribution is 2.39. The quantitative estimate of drug-likeness (QED) is 0.832. The Morgan fingerprint density at radius 3 is 2.53 bits per heavy atom. The van der Waals surface area contributed by atoms with E-state index in [9.17, 15) is 13.9 Å². The number of ether oxygens (including phenoxy) is 1. The summed E-state index contributed by atoms with van der Waals surface area (Å²) in [6.45, 7) is -2.89. The SMILES string of the molecule is N[C@H](c1ccccc1OC(F)F)[C@@H](O)C1CC1. The van der Waals surface area contributed by atoms with Crippen LogP contribution < -0.4 is 10.5 Å². The molecular weight excluding hydrogens is 228 g/mol. The Labute approximate surface area is 98.2 Å². The molecule has 0 saturated heterocycles. The molecule has 0 aliphatic heterocycles. The minimum absolute atomic E-state index is 0.0368. The number of rotatable bonds is 5. The second-order valence-electron chi connectivity index (χ2n) is 4.27. The van der Waals surface area contributed by atoms with Gasteiger partial charge in [0.25, 0.3) is 0 Å². The van der Waals surface area contributed by atoms with E-state index in [1.807, 2.05) is 0 Å². The van der Waals surface area contributed by atoms with E-state index in [2.05, 4.69) is 4.74 Å². The molecule has 17 heavy (non-hydrogen) atoms. The Hall–Kier alpha value is -1.20. The van der Waals surface area contributed by atoms with Crippen molar-refractivity contribution in [1.29, 1.82) is 0 Å². The molecule has 3 N–H and O–H groups in total. The maximum absolute atomic E-state index is 12.2. The molecule has 1 aromatic carbocycles. The summed E-state index contributed by atoms with van der Waals surface area (Å²) in [4.78, 5) is 0. The van der Waals surface area contributed by atoms with Gasteiger partial charge in [-0.1, -0.05) is 18.2 Å². The third-order valence-corrected chi connectivity index (χ3v) is 2.97. The zero-order valence-electron chi connectivity index (χ0n) is 9.22. The summed E-state index contributed by atoms with van der Waals surface area (Å²) in [6, 6.07) is 5.64. The molecule has 1 aromatic rings. The minimum Gasteiger partial charge on any atom is -0.434 e. The number of aliphatic hydroxyl groups is 1. The second kappa shape index (κ2) is 4.98. The number of para-hydroxylation sites is 1. The Bertz CT molecular complexity index is 383. The van der Waals surface area contributed by atoms with E-state index in [0.29, 0.717) is 5.56 Å². The van der Waals surface area contributed by atoms with Crippen LogP contribution in [-0.4, -0.2) is 17.8 Å². The Morgan fingerprint density at radius 1 is 1.29 bits per heavy atom. The number of alkyl halides is 2. The highest BCUT2D eigenvalue weighted by molar-refractivity contribution is 5.36. The van der Waals surface area contributed by atoms with Crippen LogP contribution in [0.3, 0.4) is 0 Å². The number of nitrogens with two attached hydrogens (primary N) is 1. The lowest BCUT2D eigenvalue weighted by Gasteiger charge is -2.21. The summed E-state index contributed by atoms with van der Waals surface area (Å²) in [5.41, 5.74) is 6.30. The first-order valence-corrected chi connectivity index (χ1v) is 5.57. The summed E-state index contributed by atoms with van der Waals surface area (Å²) in [7, 11) is 0. The first-order valence-electron chi connectivity index (χ1n) is 5.57. The molecule has 1 saturated carbocycles. The monoisotopic (exact) mass is 243 g/mol. The first-order chi connectivity index (χ1) is 8.09. The number of hydrogen-bond acceptors (Lipinski definition) is 3. The molecule has 3 nitrogen and oxygen atoms in total. The highest BCUT2D eigenvalue weighted by atomic mass is 19.3. The van der Waals surface area contributed by atoms with E-state index < -0.39 is 18.8 Å².